The molecule has 1 aromatic carbocycles. The van der Waals surface area contributed by atoms with Gasteiger partial charge in [0.05, 0.1) is 31.0 Å². The van der Waals surface area contributed by atoms with Crippen molar-refractivity contribution < 1.29 is 9.15 Å². The Morgan fingerprint density at radius 3 is 2.91 bits per heavy atom. The van der Waals surface area contributed by atoms with Crippen LogP contribution in [0.25, 0.3) is 28.3 Å². The maximum Gasteiger partial charge on any atom is 0.225 e. The Hall–Kier alpha value is -3.92. The van der Waals surface area contributed by atoms with Gasteiger partial charge in [0.1, 0.15) is 5.75 Å². The maximum atomic E-state index is 6.22. The van der Waals surface area contributed by atoms with Gasteiger partial charge in [-0.15, -0.1) is 5.10 Å². The Kier molecular flexibility index (Phi) is 5.57. The average molecular weight is 473 g/mol. The predicted octanol–water partition coefficient (Wildman–Crippen LogP) is 3.55. The SMILES string of the molecule is CCCCOc1ccc2c(c1)CN(CCn1ncc3c1nc(N)n1nc(-c4ccco4)nc31)CC2. The van der Waals surface area contributed by atoms with E-state index in [-0.39, 0.29) is 5.95 Å². The lowest BCUT2D eigenvalue weighted by Crippen LogP contribution is -2.33. The van der Waals surface area contributed by atoms with Gasteiger partial charge in [-0.05, 0) is 48.2 Å². The van der Waals surface area contributed by atoms with Crippen molar-refractivity contribution in [3.8, 4) is 17.3 Å². The first-order valence-electron chi connectivity index (χ1n) is 12.1. The van der Waals surface area contributed by atoms with Crippen molar-refractivity contribution >= 4 is 22.6 Å². The van der Waals surface area contributed by atoms with Crippen LogP contribution in [0.5, 0.6) is 5.75 Å². The van der Waals surface area contributed by atoms with Crippen LogP contribution < -0.4 is 10.5 Å². The van der Waals surface area contributed by atoms with Crippen LogP contribution in [0, 0.1) is 0 Å². The summed E-state index contributed by atoms with van der Waals surface area (Å²) in [4.78, 5) is 11.7. The molecule has 4 aromatic heterocycles. The second kappa shape index (κ2) is 9.03. The molecule has 10 nitrogen and oxygen atoms in total. The summed E-state index contributed by atoms with van der Waals surface area (Å²) in [6.07, 6.45) is 6.62. The van der Waals surface area contributed by atoms with E-state index in [0.29, 0.717) is 29.4 Å². The van der Waals surface area contributed by atoms with E-state index in [4.69, 9.17) is 14.9 Å². The Labute approximate surface area is 202 Å². The molecule has 10 heteroatoms. The molecular formula is C25H28N8O2. The highest BCUT2D eigenvalue weighted by Crippen LogP contribution is 2.26. The number of benzene rings is 1. The molecule has 1 aliphatic rings. The molecule has 180 valence electrons. The van der Waals surface area contributed by atoms with E-state index in [2.05, 4.69) is 50.2 Å². The molecule has 0 saturated heterocycles. The second-order valence-corrected chi connectivity index (χ2v) is 8.88. The number of fused-ring (bicyclic) bond motifs is 4. The number of aromatic nitrogens is 6. The summed E-state index contributed by atoms with van der Waals surface area (Å²) in [5.41, 5.74) is 10.3. The molecule has 0 spiro atoms. The van der Waals surface area contributed by atoms with Crippen molar-refractivity contribution in [2.75, 3.05) is 25.4 Å². The topological polar surface area (TPSA) is 113 Å². The highest BCUT2D eigenvalue weighted by molar-refractivity contribution is 5.90. The van der Waals surface area contributed by atoms with Crippen LogP contribution in [0.15, 0.2) is 47.2 Å². The third-order valence-electron chi connectivity index (χ3n) is 6.50. The van der Waals surface area contributed by atoms with Gasteiger partial charge < -0.3 is 14.9 Å². The Balaban J connectivity index is 1.19. The normalized spacial score (nSPS) is 14.1. The standard InChI is InChI=1S/C25H28N8O2/c1-2-3-12-34-19-7-6-17-8-9-31(16-18(17)14-19)10-11-32-23-20(15-27-32)24-28-22(21-5-4-13-35-21)30-33(24)25(26)29-23/h4-7,13-15H,2-3,8-12,16H2,1H3,(H2,26,29). The highest BCUT2D eigenvalue weighted by atomic mass is 16.5. The van der Waals surface area contributed by atoms with Crippen LogP contribution in [0.4, 0.5) is 5.95 Å². The number of nitrogens with zero attached hydrogens (tertiary/aromatic N) is 7. The lowest BCUT2D eigenvalue weighted by atomic mass is 9.99. The quantitative estimate of drug-likeness (QED) is 0.341. The summed E-state index contributed by atoms with van der Waals surface area (Å²) >= 11 is 0. The Bertz CT molecular complexity index is 1470. The minimum atomic E-state index is 0.266. The number of anilines is 1. The van der Waals surface area contributed by atoms with Crippen LogP contribution in [0.2, 0.25) is 0 Å². The third-order valence-corrected chi connectivity index (χ3v) is 6.50. The largest absolute Gasteiger partial charge is 0.494 e. The number of furan rings is 1. The monoisotopic (exact) mass is 472 g/mol. The van der Waals surface area contributed by atoms with Crippen LogP contribution in [0.1, 0.15) is 30.9 Å². The molecule has 0 amide bonds. The summed E-state index contributed by atoms with van der Waals surface area (Å²) in [5, 5.41) is 9.85. The van der Waals surface area contributed by atoms with Crippen molar-refractivity contribution in [3.63, 3.8) is 0 Å². The van der Waals surface area contributed by atoms with Crippen LogP contribution in [-0.4, -0.2) is 54.0 Å². The van der Waals surface area contributed by atoms with Gasteiger partial charge in [0, 0.05) is 19.6 Å². The average Bonchev–Trinajstić information content (AvgIpc) is 3.62. The van der Waals surface area contributed by atoms with E-state index in [0.717, 1.165) is 56.6 Å². The molecule has 0 atom stereocenters. The summed E-state index contributed by atoms with van der Waals surface area (Å²) in [5.74, 6) is 2.27. The second-order valence-electron chi connectivity index (χ2n) is 8.88. The number of nitrogen functional groups attached to an aromatic ring is 1. The maximum absolute atomic E-state index is 6.22. The lowest BCUT2D eigenvalue weighted by Gasteiger charge is -2.29. The molecule has 2 N–H and O–H groups in total. The summed E-state index contributed by atoms with van der Waals surface area (Å²) in [7, 11) is 0. The highest BCUT2D eigenvalue weighted by Gasteiger charge is 2.20. The fraction of sp³-hybridized carbons (Fsp3) is 0.360. The van der Waals surface area contributed by atoms with Crippen molar-refractivity contribution in [2.24, 2.45) is 0 Å². The fourth-order valence-electron chi connectivity index (χ4n) is 4.57. The van der Waals surface area contributed by atoms with Crippen LogP contribution >= 0.6 is 0 Å². The zero-order valence-corrected chi connectivity index (χ0v) is 19.7. The predicted molar refractivity (Wildman–Crippen MR) is 132 cm³/mol. The fourth-order valence-corrected chi connectivity index (χ4v) is 4.57. The van der Waals surface area contributed by atoms with Crippen molar-refractivity contribution in [1.82, 2.24) is 34.3 Å². The summed E-state index contributed by atoms with van der Waals surface area (Å²) in [6.45, 7) is 6.41. The first-order chi connectivity index (χ1) is 17.2. The van der Waals surface area contributed by atoms with Gasteiger partial charge in [-0.3, -0.25) is 4.90 Å². The van der Waals surface area contributed by atoms with Gasteiger partial charge in [-0.1, -0.05) is 19.4 Å². The molecule has 5 aromatic rings. The first kappa shape index (κ1) is 21.6. The lowest BCUT2D eigenvalue weighted by molar-refractivity contribution is 0.240. The van der Waals surface area contributed by atoms with E-state index in [1.165, 1.54) is 15.6 Å². The molecule has 0 bridgehead atoms. The molecule has 0 unspecified atom stereocenters. The zero-order valence-electron chi connectivity index (χ0n) is 19.7. The number of unbranched alkanes of at least 4 members (excludes halogenated alkanes) is 1. The summed E-state index contributed by atoms with van der Waals surface area (Å²) < 4.78 is 14.8. The molecule has 35 heavy (non-hydrogen) atoms. The number of rotatable bonds is 8. The number of ether oxygens (including phenoxy) is 1. The van der Waals surface area contributed by atoms with Gasteiger partial charge in [-0.25, -0.2) is 9.67 Å². The molecule has 5 heterocycles. The van der Waals surface area contributed by atoms with E-state index < -0.39 is 0 Å². The van der Waals surface area contributed by atoms with Gasteiger partial charge in [0.25, 0.3) is 0 Å². The minimum Gasteiger partial charge on any atom is -0.494 e. The van der Waals surface area contributed by atoms with Crippen molar-refractivity contribution in [3.05, 3.63) is 53.9 Å². The van der Waals surface area contributed by atoms with Crippen LogP contribution in [0.3, 0.4) is 0 Å². The number of hydrogen-bond donors (Lipinski definition) is 1. The Morgan fingerprint density at radius 2 is 2.06 bits per heavy atom. The van der Waals surface area contributed by atoms with E-state index >= 15 is 0 Å². The van der Waals surface area contributed by atoms with Crippen LogP contribution in [-0.2, 0) is 19.5 Å². The number of nitrogens with two attached hydrogens (primary N) is 1. The Morgan fingerprint density at radius 1 is 1.11 bits per heavy atom. The van der Waals surface area contributed by atoms with Gasteiger partial charge in [-0.2, -0.15) is 14.6 Å². The molecule has 0 fully saturated rings. The smallest absolute Gasteiger partial charge is 0.225 e. The number of hydrogen-bond acceptors (Lipinski definition) is 8. The molecule has 0 radical (unpaired) electrons. The summed E-state index contributed by atoms with van der Waals surface area (Å²) in [6, 6.07) is 10.1. The van der Waals surface area contributed by atoms with Gasteiger partial charge >= 0.3 is 0 Å². The first-order valence-corrected chi connectivity index (χ1v) is 12.1. The zero-order chi connectivity index (χ0) is 23.8. The molecule has 6 rings (SSSR count). The third kappa shape index (κ3) is 4.10. The molecule has 1 aliphatic heterocycles. The van der Waals surface area contributed by atoms with Gasteiger partial charge in [0.15, 0.2) is 17.1 Å². The molecule has 0 aliphatic carbocycles. The van der Waals surface area contributed by atoms with E-state index in [9.17, 15) is 0 Å². The molecule has 0 saturated carbocycles. The van der Waals surface area contributed by atoms with Gasteiger partial charge in [0.2, 0.25) is 11.8 Å². The van der Waals surface area contributed by atoms with E-state index in [1.807, 2.05) is 10.7 Å². The van der Waals surface area contributed by atoms with E-state index in [1.54, 1.807) is 18.5 Å². The minimum absolute atomic E-state index is 0.266. The van der Waals surface area contributed by atoms with Crippen molar-refractivity contribution in [2.45, 2.75) is 39.3 Å². The molecular weight excluding hydrogens is 444 g/mol. The van der Waals surface area contributed by atoms with Crippen molar-refractivity contribution in [1.29, 1.82) is 0 Å².